The third-order valence-corrected chi connectivity index (χ3v) is 2.19. The number of hydrogen-bond acceptors (Lipinski definition) is 2. The predicted octanol–water partition coefficient (Wildman–Crippen LogP) is 2.88. The van der Waals surface area contributed by atoms with Crippen molar-refractivity contribution in [2.45, 2.75) is 19.2 Å². The summed E-state index contributed by atoms with van der Waals surface area (Å²) >= 11 is 5.50. The maximum absolute atomic E-state index is 12.6. The van der Waals surface area contributed by atoms with Crippen LogP contribution in [0.25, 0.3) is 0 Å². The summed E-state index contributed by atoms with van der Waals surface area (Å²) in [5.41, 5.74) is 0.274. The third-order valence-electron chi connectivity index (χ3n) is 1.92. The number of aldehydes is 1. The molecule has 14 heavy (non-hydrogen) atoms. The molecule has 5 heteroatoms. The van der Waals surface area contributed by atoms with Crippen molar-refractivity contribution in [3.63, 3.8) is 0 Å². The van der Waals surface area contributed by atoms with E-state index in [1.54, 1.807) is 0 Å². The predicted molar refractivity (Wildman–Crippen MR) is 48.9 cm³/mol. The van der Waals surface area contributed by atoms with E-state index in [0.29, 0.717) is 11.8 Å². The monoisotopic (exact) mass is 219 g/mol. The third kappa shape index (κ3) is 1.90. The summed E-state index contributed by atoms with van der Waals surface area (Å²) < 4.78 is 25.2. The van der Waals surface area contributed by atoms with Crippen molar-refractivity contribution in [1.82, 2.24) is 4.98 Å². The van der Waals surface area contributed by atoms with E-state index in [4.69, 9.17) is 11.6 Å². The molecule has 76 valence electrons. The van der Waals surface area contributed by atoms with Gasteiger partial charge in [-0.3, -0.25) is 9.78 Å². The largest absolute Gasteiger partial charge is 0.296 e. The highest BCUT2D eigenvalue weighted by atomic mass is 35.5. The highest BCUT2D eigenvalue weighted by Gasteiger charge is 2.18. The average molecular weight is 220 g/mol. The van der Waals surface area contributed by atoms with Crippen LogP contribution in [0.5, 0.6) is 0 Å². The lowest BCUT2D eigenvalue weighted by Gasteiger charge is -2.10. The zero-order valence-corrected chi connectivity index (χ0v) is 8.18. The molecule has 1 aromatic rings. The number of rotatable bonds is 3. The van der Waals surface area contributed by atoms with E-state index < -0.39 is 6.43 Å². The molecule has 0 amide bonds. The molecule has 0 aliphatic rings. The highest BCUT2D eigenvalue weighted by molar-refractivity contribution is 6.17. The molecular formula is C9H8ClF2NO. The van der Waals surface area contributed by atoms with Gasteiger partial charge in [-0.1, -0.05) is 0 Å². The summed E-state index contributed by atoms with van der Waals surface area (Å²) in [4.78, 5) is 14.2. The first-order valence-corrected chi connectivity index (χ1v) is 4.43. The molecule has 0 aromatic carbocycles. The summed E-state index contributed by atoms with van der Waals surface area (Å²) in [7, 11) is 0. The first-order valence-electron chi connectivity index (χ1n) is 3.89. The molecule has 0 saturated heterocycles. The molecule has 1 aromatic heterocycles. The van der Waals surface area contributed by atoms with Crippen LogP contribution in [0.3, 0.4) is 0 Å². The van der Waals surface area contributed by atoms with E-state index in [0.717, 1.165) is 0 Å². The topological polar surface area (TPSA) is 30.0 Å². The maximum atomic E-state index is 12.6. The highest BCUT2D eigenvalue weighted by Crippen LogP contribution is 2.28. The molecule has 0 unspecified atom stereocenters. The Hall–Kier alpha value is -1.03. The van der Waals surface area contributed by atoms with E-state index in [1.807, 2.05) is 0 Å². The number of alkyl halides is 3. The van der Waals surface area contributed by atoms with Gasteiger partial charge in [-0.2, -0.15) is 0 Å². The second-order valence-corrected chi connectivity index (χ2v) is 3.04. The SMILES string of the molecule is Cc1cnc(C=O)c(CCl)c1C(F)F. The second-order valence-electron chi connectivity index (χ2n) is 2.77. The Morgan fingerprint density at radius 1 is 1.64 bits per heavy atom. The van der Waals surface area contributed by atoms with Crippen LogP contribution in [0.15, 0.2) is 6.20 Å². The van der Waals surface area contributed by atoms with Gasteiger partial charge in [0.1, 0.15) is 5.69 Å². The summed E-state index contributed by atoms with van der Waals surface area (Å²) in [5.74, 6) is -0.136. The quantitative estimate of drug-likeness (QED) is 0.578. The lowest BCUT2D eigenvalue weighted by molar-refractivity contribution is 0.111. The number of nitrogens with zero attached hydrogens (tertiary/aromatic N) is 1. The molecule has 0 spiro atoms. The number of hydrogen-bond donors (Lipinski definition) is 0. The Labute approximate surface area is 84.9 Å². The van der Waals surface area contributed by atoms with E-state index in [1.165, 1.54) is 13.1 Å². The fourth-order valence-corrected chi connectivity index (χ4v) is 1.52. The van der Waals surface area contributed by atoms with Gasteiger partial charge in [-0.15, -0.1) is 11.6 Å². The van der Waals surface area contributed by atoms with Gasteiger partial charge >= 0.3 is 0 Å². The normalized spacial score (nSPS) is 10.6. The average Bonchev–Trinajstić information content (AvgIpc) is 2.16. The van der Waals surface area contributed by atoms with Gasteiger partial charge in [0, 0.05) is 17.3 Å². The lowest BCUT2D eigenvalue weighted by Crippen LogP contribution is -2.03. The smallest absolute Gasteiger partial charge is 0.264 e. The fraction of sp³-hybridized carbons (Fsp3) is 0.333. The van der Waals surface area contributed by atoms with E-state index >= 15 is 0 Å². The number of halogens is 3. The summed E-state index contributed by atoms with van der Waals surface area (Å²) in [6.45, 7) is 1.51. The fourth-order valence-electron chi connectivity index (χ4n) is 1.24. The summed E-state index contributed by atoms with van der Waals surface area (Å²) in [6, 6.07) is 0. The van der Waals surface area contributed by atoms with Crippen molar-refractivity contribution >= 4 is 17.9 Å². The van der Waals surface area contributed by atoms with Crippen LogP contribution in [0.4, 0.5) is 8.78 Å². The van der Waals surface area contributed by atoms with Crippen LogP contribution in [-0.2, 0) is 5.88 Å². The number of aromatic nitrogens is 1. The molecule has 1 rings (SSSR count). The van der Waals surface area contributed by atoms with Crippen LogP contribution < -0.4 is 0 Å². The van der Waals surface area contributed by atoms with Gasteiger partial charge in [0.2, 0.25) is 0 Å². The minimum atomic E-state index is -2.63. The van der Waals surface area contributed by atoms with E-state index in [9.17, 15) is 13.6 Å². The molecule has 0 atom stereocenters. The summed E-state index contributed by atoms with van der Waals surface area (Å²) in [6.07, 6.45) is -0.949. The van der Waals surface area contributed by atoms with Gasteiger partial charge in [0.05, 0.1) is 5.88 Å². The van der Waals surface area contributed by atoms with Gasteiger partial charge in [-0.05, 0) is 12.5 Å². The van der Waals surface area contributed by atoms with Crippen molar-refractivity contribution in [2.24, 2.45) is 0 Å². The van der Waals surface area contributed by atoms with Gasteiger partial charge in [0.15, 0.2) is 6.29 Å². The Morgan fingerprint density at radius 3 is 2.71 bits per heavy atom. The van der Waals surface area contributed by atoms with E-state index in [2.05, 4.69) is 4.98 Å². The lowest BCUT2D eigenvalue weighted by atomic mass is 10.0. The molecule has 2 nitrogen and oxygen atoms in total. The Bertz CT molecular complexity index is 355. The van der Waals surface area contributed by atoms with Crippen LogP contribution in [0.1, 0.15) is 33.6 Å². The molecule has 0 aliphatic heterocycles. The Kier molecular flexibility index (Phi) is 3.52. The standard InChI is InChI=1S/C9H8ClF2NO/c1-5-3-13-7(4-14)6(2-10)8(5)9(11)12/h3-4,9H,2H2,1H3. The maximum Gasteiger partial charge on any atom is 0.264 e. The molecule has 0 fully saturated rings. The minimum absolute atomic E-state index is 0.0131. The van der Waals surface area contributed by atoms with Crippen LogP contribution in [0, 0.1) is 6.92 Å². The number of aryl methyl sites for hydroxylation is 1. The Balaban J connectivity index is 3.42. The van der Waals surface area contributed by atoms with Crippen molar-refractivity contribution < 1.29 is 13.6 Å². The molecule has 0 radical (unpaired) electrons. The zero-order valence-electron chi connectivity index (χ0n) is 7.43. The zero-order chi connectivity index (χ0) is 10.7. The number of carbonyl (C=O) groups is 1. The minimum Gasteiger partial charge on any atom is -0.296 e. The molecule has 0 saturated carbocycles. The van der Waals surface area contributed by atoms with Crippen LogP contribution >= 0.6 is 11.6 Å². The first-order chi connectivity index (χ1) is 6.61. The molecular weight excluding hydrogens is 212 g/mol. The van der Waals surface area contributed by atoms with Crippen LogP contribution in [0.2, 0.25) is 0 Å². The molecule has 0 N–H and O–H groups in total. The van der Waals surface area contributed by atoms with Gasteiger partial charge in [0.25, 0.3) is 6.43 Å². The van der Waals surface area contributed by atoms with Crippen LogP contribution in [-0.4, -0.2) is 11.3 Å². The van der Waals surface area contributed by atoms with Crippen molar-refractivity contribution in [3.8, 4) is 0 Å². The second kappa shape index (κ2) is 4.46. The summed E-state index contributed by atoms with van der Waals surface area (Å²) in [5, 5.41) is 0. The van der Waals surface area contributed by atoms with Gasteiger partial charge in [-0.25, -0.2) is 8.78 Å². The first kappa shape index (κ1) is 11.0. The van der Waals surface area contributed by atoms with E-state index in [-0.39, 0.29) is 22.7 Å². The number of carbonyl (C=O) groups excluding carboxylic acids is 1. The van der Waals surface area contributed by atoms with Crippen molar-refractivity contribution in [3.05, 3.63) is 28.6 Å². The van der Waals surface area contributed by atoms with Gasteiger partial charge < -0.3 is 0 Å². The molecule has 0 bridgehead atoms. The Morgan fingerprint density at radius 2 is 2.29 bits per heavy atom. The number of pyridine rings is 1. The molecule has 1 heterocycles. The van der Waals surface area contributed by atoms with Crippen molar-refractivity contribution in [1.29, 1.82) is 0 Å². The molecule has 0 aliphatic carbocycles. The van der Waals surface area contributed by atoms with Crippen molar-refractivity contribution in [2.75, 3.05) is 0 Å².